The SMILES string of the molecule is c1ccc(-c2nc(-c3ccccc3)nc(-c3cnc(-c4ncnc5c4oc4ccccc45)cn3)n2)cc1. The first-order valence-corrected chi connectivity index (χ1v) is 11.7. The van der Waals surface area contributed by atoms with Gasteiger partial charge in [0.15, 0.2) is 23.1 Å². The second kappa shape index (κ2) is 8.69. The van der Waals surface area contributed by atoms with E-state index in [2.05, 4.69) is 19.9 Å². The Morgan fingerprint density at radius 1 is 0.514 bits per heavy atom. The maximum Gasteiger partial charge on any atom is 0.184 e. The molecule has 0 fully saturated rings. The van der Waals surface area contributed by atoms with E-state index in [0.717, 1.165) is 27.6 Å². The van der Waals surface area contributed by atoms with Crippen molar-refractivity contribution >= 4 is 22.1 Å². The smallest absolute Gasteiger partial charge is 0.184 e. The number of aromatic nitrogens is 7. The normalized spacial score (nSPS) is 11.2. The van der Waals surface area contributed by atoms with Gasteiger partial charge in [0, 0.05) is 16.5 Å². The third-order valence-corrected chi connectivity index (χ3v) is 5.98. The number of hydrogen-bond acceptors (Lipinski definition) is 8. The molecule has 0 spiro atoms. The monoisotopic (exact) mass is 479 g/mol. The van der Waals surface area contributed by atoms with Crippen molar-refractivity contribution in [1.82, 2.24) is 34.9 Å². The summed E-state index contributed by atoms with van der Waals surface area (Å²) in [5, 5.41) is 0.929. The first-order valence-electron chi connectivity index (χ1n) is 11.7. The highest BCUT2D eigenvalue weighted by atomic mass is 16.3. The van der Waals surface area contributed by atoms with Crippen LogP contribution in [0.1, 0.15) is 0 Å². The minimum absolute atomic E-state index is 0.434. The minimum Gasteiger partial charge on any atom is -0.452 e. The Bertz CT molecular complexity index is 1810. The van der Waals surface area contributed by atoms with Crippen molar-refractivity contribution in [3.05, 3.63) is 104 Å². The molecule has 0 atom stereocenters. The van der Waals surface area contributed by atoms with Crippen LogP contribution in [-0.2, 0) is 0 Å². The lowest BCUT2D eigenvalue weighted by Gasteiger charge is -2.08. The van der Waals surface area contributed by atoms with E-state index in [1.807, 2.05) is 84.9 Å². The average molecular weight is 480 g/mol. The zero-order chi connectivity index (χ0) is 24.6. The molecule has 0 saturated carbocycles. The number of para-hydroxylation sites is 1. The van der Waals surface area contributed by atoms with Crippen molar-refractivity contribution in [2.24, 2.45) is 0 Å². The molecule has 0 bridgehead atoms. The van der Waals surface area contributed by atoms with Crippen LogP contribution in [0.2, 0.25) is 0 Å². The summed E-state index contributed by atoms with van der Waals surface area (Å²) in [4.78, 5) is 32.3. The topological polar surface area (TPSA) is 103 Å². The van der Waals surface area contributed by atoms with Gasteiger partial charge in [0.05, 0.1) is 12.4 Å². The lowest BCUT2D eigenvalue weighted by molar-refractivity contribution is 0.667. The molecule has 8 heteroatoms. The van der Waals surface area contributed by atoms with Gasteiger partial charge in [-0.05, 0) is 12.1 Å². The highest BCUT2D eigenvalue weighted by molar-refractivity contribution is 6.05. The molecule has 0 saturated heterocycles. The summed E-state index contributed by atoms with van der Waals surface area (Å²) in [5.74, 6) is 1.56. The lowest BCUT2D eigenvalue weighted by atomic mass is 10.2. The number of rotatable bonds is 4. The molecule has 174 valence electrons. The predicted octanol–water partition coefficient (Wildman–Crippen LogP) is 6.02. The van der Waals surface area contributed by atoms with Gasteiger partial charge >= 0.3 is 0 Å². The number of hydrogen-bond donors (Lipinski definition) is 0. The van der Waals surface area contributed by atoms with Gasteiger partial charge in [0.1, 0.15) is 34.5 Å². The Hall–Kier alpha value is -5.37. The first kappa shape index (κ1) is 21.0. The van der Waals surface area contributed by atoms with Crippen LogP contribution in [0.25, 0.3) is 67.8 Å². The maximum absolute atomic E-state index is 6.06. The van der Waals surface area contributed by atoms with Gasteiger partial charge < -0.3 is 4.42 Å². The number of furan rings is 1. The number of nitrogens with zero attached hydrogens (tertiary/aromatic N) is 7. The van der Waals surface area contributed by atoms with E-state index in [-0.39, 0.29) is 0 Å². The van der Waals surface area contributed by atoms with Gasteiger partial charge in [0.25, 0.3) is 0 Å². The zero-order valence-corrected chi connectivity index (χ0v) is 19.4. The summed E-state index contributed by atoms with van der Waals surface area (Å²) in [6.07, 6.45) is 4.81. The predicted molar refractivity (Wildman–Crippen MR) is 140 cm³/mol. The van der Waals surface area contributed by atoms with Crippen LogP contribution in [-0.4, -0.2) is 34.9 Å². The summed E-state index contributed by atoms with van der Waals surface area (Å²) in [7, 11) is 0. The largest absolute Gasteiger partial charge is 0.452 e. The molecular formula is C29H17N7O. The van der Waals surface area contributed by atoms with Gasteiger partial charge in [-0.2, -0.15) is 0 Å². The fourth-order valence-electron chi connectivity index (χ4n) is 4.19. The van der Waals surface area contributed by atoms with Crippen molar-refractivity contribution in [1.29, 1.82) is 0 Å². The second-order valence-corrected chi connectivity index (χ2v) is 8.32. The molecule has 0 aliphatic rings. The summed E-state index contributed by atoms with van der Waals surface area (Å²) in [6.45, 7) is 0. The van der Waals surface area contributed by atoms with Gasteiger partial charge in [-0.1, -0.05) is 72.8 Å². The van der Waals surface area contributed by atoms with E-state index in [0.29, 0.717) is 40.1 Å². The van der Waals surface area contributed by atoms with Gasteiger partial charge in [0.2, 0.25) is 0 Å². The molecule has 0 aliphatic carbocycles. The fourth-order valence-corrected chi connectivity index (χ4v) is 4.19. The summed E-state index contributed by atoms with van der Waals surface area (Å²) in [6, 6.07) is 27.4. The highest BCUT2D eigenvalue weighted by Crippen LogP contribution is 2.32. The van der Waals surface area contributed by atoms with Gasteiger partial charge in [-0.25, -0.2) is 29.9 Å². The van der Waals surface area contributed by atoms with Crippen LogP contribution in [0.3, 0.4) is 0 Å². The number of fused-ring (bicyclic) bond motifs is 3. The highest BCUT2D eigenvalue weighted by Gasteiger charge is 2.17. The van der Waals surface area contributed by atoms with Crippen LogP contribution in [0.4, 0.5) is 0 Å². The maximum atomic E-state index is 6.06. The van der Waals surface area contributed by atoms with E-state index >= 15 is 0 Å². The fraction of sp³-hybridized carbons (Fsp3) is 0. The Morgan fingerprint density at radius 2 is 1.11 bits per heavy atom. The van der Waals surface area contributed by atoms with Crippen LogP contribution >= 0.6 is 0 Å². The van der Waals surface area contributed by atoms with Crippen LogP contribution in [0.15, 0.2) is 108 Å². The quantitative estimate of drug-likeness (QED) is 0.302. The van der Waals surface area contributed by atoms with Crippen molar-refractivity contribution in [2.45, 2.75) is 0 Å². The molecule has 7 rings (SSSR count). The lowest BCUT2D eigenvalue weighted by Crippen LogP contribution is -2.02. The number of benzene rings is 3. The zero-order valence-electron chi connectivity index (χ0n) is 19.4. The molecule has 7 aromatic rings. The van der Waals surface area contributed by atoms with E-state index in [1.165, 1.54) is 6.33 Å². The first-order chi connectivity index (χ1) is 18.3. The molecule has 4 aromatic heterocycles. The van der Waals surface area contributed by atoms with E-state index in [1.54, 1.807) is 12.4 Å². The molecule has 0 unspecified atom stereocenters. The summed E-state index contributed by atoms with van der Waals surface area (Å²) < 4.78 is 6.06. The van der Waals surface area contributed by atoms with Crippen molar-refractivity contribution in [2.75, 3.05) is 0 Å². The molecule has 3 aromatic carbocycles. The van der Waals surface area contributed by atoms with E-state index < -0.39 is 0 Å². The molecule has 4 heterocycles. The van der Waals surface area contributed by atoms with E-state index in [9.17, 15) is 0 Å². The van der Waals surface area contributed by atoms with Crippen molar-refractivity contribution < 1.29 is 4.42 Å². The average Bonchev–Trinajstić information content (AvgIpc) is 3.37. The summed E-state index contributed by atoms with van der Waals surface area (Å²) >= 11 is 0. The van der Waals surface area contributed by atoms with Crippen LogP contribution in [0, 0.1) is 0 Å². The Balaban J connectivity index is 1.33. The molecule has 0 radical (unpaired) electrons. The van der Waals surface area contributed by atoms with E-state index in [4.69, 9.17) is 19.4 Å². The third kappa shape index (κ3) is 3.77. The minimum atomic E-state index is 0.434. The molecule has 0 aliphatic heterocycles. The Labute approximate surface area is 210 Å². The Kier molecular flexibility index (Phi) is 4.92. The molecule has 37 heavy (non-hydrogen) atoms. The molecule has 0 amide bonds. The second-order valence-electron chi connectivity index (χ2n) is 8.32. The van der Waals surface area contributed by atoms with Crippen LogP contribution in [0.5, 0.6) is 0 Å². The summed E-state index contributed by atoms with van der Waals surface area (Å²) in [5.41, 5.74) is 5.50. The third-order valence-electron chi connectivity index (χ3n) is 5.98. The molecule has 8 nitrogen and oxygen atoms in total. The van der Waals surface area contributed by atoms with Gasteiger partial charge in [-0.3, -0.25) is 4.98 Å². The van der Waals surface area contributed by atoms with Gasteiger partial charge in [-0.15, -0.1) is 0 Å². The van der Waals surface area contributed by atoms with Crippen molar-refractivity contribution in [3.63, 3.8) is 0 Å². The van der Waals surface area contributed by atoms with Crippen LogP contribution < -0.4 is 0 Å². The standard InChI is InChI=1S/C29H17N7O/c1-3-9-18(10-4-1)27-34-28(19-11-5-2-6-12-19)36-29(35-27)22-16-30-21(15-31-22)25-26-24(32-17-33-25)20-13-7-8-14-23(20)37-26/h1-17H. The molecular weight excluding hydrogens is 462 g/mol. The van der Waals surface area contributed by atoms with Crippen molar-refractivity contribution in [3.8, 4) is 45.7 Å². The Morgan fingerprint density at radius 3 is 1.78 bits per heavy atom. The molecule has 0 N–H and O–H groups in total.